The molecular formula is C12H16Cl2N2O2. The zero-order valence-electron chi connectivity index (χ0n) is 10.6. The third kappa shape index (κ3) is 4.12. The maximum Gasteiger partial charge on any atom is 0.254 e. The quantitative estimate of drug-likeness (QED) is 0.783. The molecule has 0 aliphatic carbocycles. The molecule has 0 saturated heterocycles. The standard InChI is InChI=1S/C12H16Cl2N2O2/c1-8(2)16(4-5-18-3)12(17)9-6-10(13)15-11(14)7-9/h6-8H,4-5H2,1-3H3. The zero-order chi connectivity index (χ0) is 13.7. The molecule has 0 aliphatic rings. The molecule has 0 unspecified atom stereocenters. The van der Waals surface area contributed by atoms with E-state index in [1.165, 1.54) is 12.1 Å². The molecule has 0 fully saturated rings. The highest BCUT2D eigenvalue weighted by molar-refractivity contribution is 6.33. The van der Waals surface area contributed by atoms with Crippen molar-refractivity contribution in [3.8, 4) is 0 Å². The van der Waals surface area contributed by atoms with E-state index in [1.807, 2.05) is 13.8 Å². The Balaban J connectivity index is 2.94. The zero-order valence-corrected chi connectivity index (χ0v) is 12.1. The Bertz CT molecular complexity index is 404. The van der Waals surface area contributed by atoms with Gasteiger partial charge in [-0.3, -0.25) is 4.79 Å². The fourth-order valence-electron chi connectivity index (χ4n) is 1.54. The van der Waals surface area contributed by atoms with Crippen LogP contribution in [0.2, 0.25) is 10.3 Å². The number of ether oxygens (including phenoxy) is 1. The van der Waals surface area contributed by atoms with Gasteiger partial charge >= 0.3 is 0 Å². The minimum Gasteiger partial charge on any atom is -0.383 e. The van der Waals surface area contributed by atoms with Crippen LogP contribution < -0.4 is 0 Å². The number of nitrogens with zero attached hydrogens (tertiary/aromatic N) is 2. The van der Waals surface area contributed by atoms with Crippen LogP contribution in [0.4, 0.5) is 0 Å². The van der Waals surface area contributed by atoms with Gasteiger partial charge in [0, 0.05) is 25.3 Å². The molecule has 0 N–H and O–H groups in total. The van der Waals surface area contributed by atoms with Crippen LogP contribution in [0.1, 0.15) is 24.2 Å². The van der Waals surface area contributed by atoms with Gasteiger partial charge in [0.15, 0.2) is 0 Å². The molecule has 4 nitrogen and oxygen atoms in total. The molecule has 1 heterocycles. The van der Waals surface area contributed by atoms with E-state index in [0.29, 0.717) is 18.7 Å². The Morgan fingerprint density at radius 3 is 2.39 bits per heavy atom. The highest BCUT2D eigenvalue weighted by atomic mass is 35.5. The number of hydrogen-bond acceptors (Lipinski definition) is 3. The highest BCUT2D eigenvalue weighted by Crippen LogP contribution is 2.17. The van der Waals surface area contributed by atoms with Gasteiger partial charge in [-0.2, -0.15) is 0 Å². The molecule has 0 bridgehead atoms. The topological polar surface area (TPSA) is 42.4 Å². The number of carbonyl (C=O) groups excluding carboxylic acids is 1. The summed E-state index contributed by atoms with van der Waals surface area (Å²) in [5, 5.41) is 0.419. The number of carbonyl (C=O) groups is 1. The molecule has 18 heavy (non-hydrogen) atoms. The van der Waals surface area contributed by atoms with Gasteiger partial charge < -0.3 is 9.64 Å². The van der Waals surface area contributed by atoms with Crippen LogP contribution in [0, 0.1) is 0 Å². The second-order valence-electron chi connectivity index (χ2n) is 4.09. The Hall–Kier alpha value is -0.840. The largest absolute Gasteiger partial charge is 0.383 e. The van der Waals surface area contributed by atoms with E-state index < -0.39 is 0 Å². The maximum atomic E-state index is 12.3. The van der Waals surface area contributed by atoms with E-state index in [0.717, 1.165) is 0 Å². The van der Waals surface area contributed by atoms with Crippen molar-refractivity contribution in [3.05, 3.63) is 28.0 Å². The number of halogens is 2. The van der Waals surface area contributed by atoms with E-state index in [9.17, 15) is 4.79 Å². The summed E-state index contributed by atoms with van der Waals surface area (Å²) in [7, 11) is 1.60. The van der Waals surface area contributed by atoms with Crippen molar-refractivity contribution >= 4 is 29.1 Å². The van der Waals surface area contributed by atoms with Gasteiger partial charge in [-0.25, -0.2) is 4.98 Å². The predicted molar refractivity (Wildman–Crippen MR) is 72.3 cm³/mol. The summed E-state index contributed by atoms with van der Waals surface area (Å²) in [6, 6.07) is 3.09. The molecule has 1 amide bonds. The van der Waals surface area contributed by atoms with Gasteiger partial charge in [-0.1, -0.05) is 23.2 Å². The van der Waals surface area contributed by atoms with Gasteiger partial charge in [0.1, 0.15) is 10.3 Å². The average molecular weight is 291 g/mol. The number of aromatic nitrogens is 1. The Labute approximate surface area is 117 Å². The fourth-order valence-corrected chi connectivity index (χ4v) is 2.00. The van der Waals surface area contributed by atoms with Gasteiger partial charge in [0.25, 0.3) is 5.91 Å². The van der Waals surface area contributed by atoms with Crippen LogP contribution in [0.3, 0.4) is 0 Å². The minimum atomic E-state index is -0.131. The summed E-state index contributed by atoms with van der Waals surface area (Å²) < 4.78 is 5.00. The monoisotopic (exact) mass is 290 g/mol. The summed E-state index contributed by atoms with van der Waals surface area (Å²) in [5.74, 6) is -0.131. The fraction of sp³-hybridized carbons (Fsp3) is 0.500. The lowest BCUT2D eigenvalue weighted by molar-refractivity contribution is 0.0635. The molecule has 0 radical (unpaired) electrons. The SMILES string of the molecule is COCCN(C(=O)c1cc(Cl)nc(Cl)c1)C(C)C. The molecule has 0 aromatic carbocycles. The molecule has 0 aliphatic heterocycles. The molecule has 1 aromatic heterocycles. The van der Waals surface area contributed by atoms with Crippen molar-refractivity contribution in [1.82, 2.24) is 9.88 Å². The van der Waals surface area contributed by atoms with Crippen LogP contribution in [0.5, 0.6) is 0 Å². The Morgan fingerprint density at radius 1 is 1.39 bits per heavy atom. The van der Waals surface area contributed by atoms with Gasteiger partial charge in [-0.15, -0.1) is 0 Å². The first-order chi connectivity index (χ1) is 8.45. The average Bonchev–Trinajstić information content (AvgIpc) is 2.27. The van der Waals surface area contributed by atoms with Crippen LogP contribution in [0.15, 0.2) is 12.1 Å². The smallest absolute Gasteiger partial charge is 0.254 e. The predicted octanol–water partition coefficient (Wildman–Crippen LogP) is 2.89. The first-order valence-corrected chi connectivity index (χ1v) is 6.34. The lowest BCUT2D eigenvalue weighted by Gasteiger charge is -2.26. The Kier molecular flexibility index (Phi) is 5.85. The molecule has 0 spiro atoms. The Morgan fingerprint density at radius 2 is 1.94 bits per heavy atom. The van der Waals surface area contributed by atoms with E-state index in [-0.39, 0.29) is 22.3 Å². The maximum absolute atomic E-state index is 12.3. The first-order valence-electron chi connectivity index (χ1n) is 5.58. The molecule has 1 rings (SSSR count). The van der Waals surface area contributed by atoms with E-state index in [2.05, 4.69) is 4.98 Å². The molecule has 0 saturated carbocycles. The van der Waals surface area contributed by atoms with Crippen LogP contribution in [-0.4, -0.2) is 42.1 Å². The molecule has 0 atom stereocenters. The summed E-state index contributed by atoms with van der Waals surface area (Å²) in [6.07, 6.45) is 0. The number of hydrogen-bond donors (Lipinski definition) is 0. The second-order valence-corrected chi connectivity index (χ2v) is 4.86. The lowest BCUT2D eigenvalue weighted by Crippen LogP contribution is -2.39. The van der Waals surface area contributed by atoms with Gasteiger partial charge in [0.05, 0.1) is 6.61 Å². The number of rotatable bonds is 5. The van der Waals surface area contributed by atoms with Crippen molar-refractivity contribution in [3.63, 3.8) is 0 Å². The first kappa shape index (κ1) is 15.2. The van der Waals surface area contributed by atoms with Crippen LogP contribution >= 0.6 is 23.2 Å². The van der Waals surface area contributed by atoms with Crippen LogP contribution in [-0.2, 0) is 4.74 Å². The molecule has 1 aromatic rings. The molecule has 6 heteroatoms. The van der Waals surface area contributed by atoms with Gasteiger partial charge in [0.2, 0.25) is 0 Å². The van der Waals surface area contributed by atoms with E-state index in [1.54, 1.807) is 12.0 Å². The number of amides is 1. The minimum absolute atomic E-state index is 0.0679. The molecule has 100 valence electrons. The van der Waals surface area contributed by atoms with Crippen molar-refractivity contribution in [2.24, 2.45) is 0 Å². The van der Waals surface area contributed by atoms with Crippen molar-refractivity contribution in [1.29, 1.82) is 0 Å². The van der Waals surface area contributed by atoms with Crippen molar-refractivity contribution in [2.75, 3.05) is 20.3 Å². The summed E-state index contributed by atoms with van der Waals surface area (Å²) >= 11 is 11.6. The van der Waals surface area contributed by atoms with E-state index >= 15 is 0 Å². The highest BCUT2D eigenvalue weighted by Gasteiger charge is 2.19. The number of methoxy groups -OCH3 is 1. The second kappa shape index (κ2) is 6.92. The van der Waals surface area contributed by atoms with Crippen molar-refractivity contribution < 1.29 is 9.53 Å². The van der Waals surface area contributed by atoms with Gasteiger partial charge in [-0.05, 0) is 26.0 Å². The molecular weight excluding hydrogens is 275 g/mol. The third-order valence-electron chi connectivity index (χ3n) is 2.43. The normalized spacial score (nSPS) is 10.8. The number of pyridine rings is 1. The third-order valence-corrected chi connectivity index (χ3v) is 2.82. The summed E-state index contributed by atoms with van der Waals surface area (Å²) in [6.45, 7) is 4.89. The van der Waals surface area contributed by atoms with Crippen LogP contribution in [0.25, 0.3) is 0 Å². The van der Waals surface area contributed by atoms with E-state index in [4.69, 9.17) is 27.9 Å². The lowest BCUT2D eigenvalue weighted by atomic mass is 10.2. The van der Waals surface area contributed by atoms with Crippen molar-refractivity contribution in [2.45, 2.75) is 19.9 Å². The summed E-state index contributed by atoms with van der Waals surface area (Å²) in [5.41, 5.74) is 0.435. The summed E-state index contributed by atoms with van der Waals surface area (Å²) in [4.78, 5) is 17.8.